The predicted octanol–water partition coefficient (Wildman–Crippen LogP) is 2.08. The Balaban J connectivity index is 2.52. The third-order valence-electron chi connectivity index (χ3n) is 1.59. The van der Waals surface area contributed by atoms with Gasteiger partial charge >= 0.3 is 0 Å². The summed E-state index contributed by atoms with van der Waals surface area (Å²) in [6.07, 6.45) is 0. The summed E-state index contributed by atoms with van der Waals surface area (Å²) in [4.78, 5) is 0.353. The second-order valence-corrected chi connectivity index (χ2v) is 3.13. The summed E-state index contributed by atoms with van der Waals surface area (Å²) in [7, 11) is 0. The lowest BCUT2D eigenvalue weighted by Gasteiger charge is -1.97. The van der Waals surface area contributed by atoms with Crippen LogP contribution in [-0.4, -0.2) is 10.2 Å². The number of hydrogen-bond acceptors (Lipinski definition) is 4. The van der Waals surface area contributed by atoms with E-state index in [9.17, 15) is 0 Å². The van der Waals surface area contributed by atoms with Gasteiger partial charge in [0.2, 0.25) is 0 Å². The van der Waals surface area contributed by atoms with E-state index in [0.29, 0.717) is 16.4 Å². The minimum absolute atomic E-state index is 0.353. The Hall–Kier alpha value is -1.36. The van der Waals surface area contributed by atoms with E-state index < -0.39 is 0 Å². The van der Waals surface area contributed by atoms with E-state index in [1.807, 2.05) is 18.2 Å². The van der Waals surface area contributed by atoms with E-state index in [4.69, 9.17) is 10.2 Å². The van der Waals surface area contributed by atoms with Crippen molar-refractivity contribution in [1.82, 2.24) is 10.2 Å². The van der Waals surface area contributed by atoms with Crippen LogP contribution in [0.4, 0.5) is 5.69 Å². The fraction of sp³-hybridized carbons (Fsp3) is 0. The van der Waals surface area contributed by atoms with Crippen LogP contribution in [0.5, 0.6) is 0 Å². The van der Waals surface area contributed by atoms with Crippen LogP contribution in [-0.2, 0) is 0 Å². The Bertz CT molecular complexity index is 427. The first kappa shape index (κ1) is 8.25. The molecular formula is C8H6BrN3O. The zero-order valence-corrected chi connectivity index (χ0v) is 8.15. The summed E-state index contributed by atoms with van der Waals surface area (Å²) < 4.78 is 5.16. The first-order chi connectivity index (χ1) is 6.27. The van der Waals surface area contributed by atoms with Gasteiger partial charge in [-0.25, -0.2) is 0 Å². The number of para-hydroxylation sites is 1. The summed E-state index contributed by atoms with van der Waals surface area (Å²) in [5.74, 6) is 0.421. The lowest BCUT2D eigenvalue weighted by molar-refractivity contribution is 0.540. The van der Waals surface area contributed by atoms with E-state index >= 15 is 0 Å². The van der Waals surface area contributed by atoms with Gasteiger partial charge in [-0.05, 0) is 12.1 Å². The van der Waals surface area contributed by atoms with Gasteiger partial charge in [0.25, 0.3) is 10.7 Å². The molecule has 0 bridgehead atoms. The van der Waals surface area contributed by atoms with Crippen LogP contribution in [0.3, 0.4) is 0 Å². The van der Waals surface area contributed by atoms with Crippen LogP contribution < -0.4 is 5.73 Å². The van der Waals surface area contributed by atoms with Crippen molar-refractivity contribution in [1.29, 1.82) is 0 Å². The molecule has 0 fully saturated rings. The van der Waals surface area contributed by atoms with Crippen LogP contribution in [0, 0.1) is 0 Å². The standard InChI is InChI=1S/C8H6BrN3O/c9-8-12-11-7(13-8)5-3-1-2-4-6(5)10/h1-4H,10H2. The molecule has 2 N–H and O–H groups in total. The first-order valence-electron chi connectivity index (χ1n) is 3.61. The number of hydrogen-bond donors (Lipinski definition) is 1. The second kappa shape index (κ2) is 3.18. The summed E-state index contributed by atoms with van der Waals surface area (Å²) in [6.45, 7) is 0. The molecule has 5 heteroatoms. The molecule has 2 aromatic rings. The van der Waals surface area contributed by atoms with E-state index in [2.05, 4.69) is 26.1 Å². The summed E-state index contributed by atoms with van der Waals surface area (Å²) in [5, 5.41) is 7.48. The van der Waals surface area contributed by atoms with Crippen LogP contribution in [0.25, 0.3) is 11.5 Å². The highest BCUT2D eigenvalue weighted by Crippen LogP contribution is 2.24. The quantitative estimate of drug-likeness (QED) is 0.775. The number of anilines is 1. The molecule has 0 aliphatic heterocycles. The molecule has 0 spiro atoms. The van der Waals surface area contributed by atoms with E-state index in [1.54, 1.807) is 6.07 Å². The van der Waals surface area contributed by atoms with E-state index in [-0.39, 0.29) is 0 Å². The highest BCUT2D eigenvalue weighted by Gasteiger charge is 2.08. The van der Waals surface area contributed by atoms with Crippen molar-refractivity contribution in [2.24, 2.45) is 0 Å². The number of aromatic nitrogens is 2. The van der Waals surface area contributed by atoms with Gasteiger partial charge in [0.1, 0.15) is 0 Å². The topological polar surface area (TPSA) is 64.9 Å². The van der Waals surface area contributed by atoms with Crippen molar-refractivity contribution >= 4 is 21.6 Å². The van der Waals surface area contributed by atoms with Crippen molar-refractivity contribution < 1.29 is 4.42 Å². The van der Waals surface area contributed by atoms with Crippen molar-refractivity contribution in [3.63, 3.8) is 0 Å². The normalized spacial score (nSPS) is 10.2. The molecular weight excluding hydrogens is 234 g/mol. The number of nitrogen functional groups attached to an aromatic ring is 1. The Morgan fingerprint density at radius 3 is 2.62 bits per heavy atom. The Labute approximate surface area is 82.9 Å². The Morgan fingerprint density at radius 1 is 1.23 bits per heavy atom. The maximum Gasteiger partial charge on any atom is 0.285 e. The molecule has 0 aliphatic carbocycles. The van der Waals surface area contributed by atoms with Gasteiger partial charge in [-0.15, -0.1) is 10.2 Å². The third kappa shape index (κ3) is 1.55. The van der Waals surface area contributed by atoms with Crippen molar-refractivity contribution in [2.45, 2.75) is 0 Å². The average molecular weight is 240 g/mol. The van der Waals surface area contributed by atoms with Crippen molar-refractivity contribution in [3.05, 3.63) is 29.1 Å². The van der Waals surface area contributed by atoms with Crippen molar-refractivity contribution in [3.8, 4) is 11.5 Å². The molecule has 0 saturated carbocycles. The lowest BCUT2D eigenvalue weighted by Crippen LogP contribution is -1.88. The highest BCUT2D eigenvalue weighted by atomic mass is 79.9. The summed E-state index contributed by atoms with van der Waals surface area (Å²) in [5.41, 5.74) is 7.09. The van der Waals surface area contributed by atoms with E-state index in [0.717, 1.165) is 5.56 Å². The van der Waals surface area contributed by atoms with Crippen LogP contribution in [0.2, 0.25) is 0 Å². The van der Waals surface area contributed by atoms with Gasteiger partial charge in [-0.1, -0.05) is 12.1 Å². The van der Waals surface area contributed by atoms with Crippen LogP contribution in [0.15, 0.2) is 33.5 Å². The van der Waals surface area contributed by atoms with E-state index in [1.165, 1.54) is 0 Å². The molecule has 0 unspecified atom stereocenters. The summed E-state index contributed by atoms with van der Waals surface area (Å²) in [6, 6.07) is 7.33. The maximum absolute atomic E-state index is 5.72. The third-order valence-corrected chi connectivity index (χ3v) is 1.91. The minimum Gasteiger partial charge on any atom is -0.411 e. The van der Waals surface area contributed by atoms with Gasteiger partial charge in [0.05, 0.1) is 5.56 Å². The van der Waals surface area contributed by atoms with Crippen LogP contribution in [0.1, 0.15) is 0 Å². The van der Waals surface area contributed by atoms with Gasteiger partial charge in [0, 0.05) is 21.6 Å². The molecule has 0 saturated heterocycles. The molecule has 1 aromatic carbocycles. The van der Waals surface area contributed by atoms with Gasteiger partial charge < -0.3 is 10.2 Å². The first-order valence-corrected chi connectivity index (χ1v) is 4.40. The maximum atomic E-state index is 5.72. The smallest absolute Gasteiger partial charge is 0.285 e. The number of rotatable bonds is 1. The van der Waals surface area contributed by atoms with Gasteiger partial charge in [-0.2, -0.15) is 0 Å². The average Bonchev–Trinajstić information content (AvgIpc) is 2.53. The predicted molar refractivity (Wildman–Crippen MR) is 51.8 cm³/mol. The molecule has 1 heterocycles. The van der Waals surface area contributed by atoms with Crippen LogP contribution >= 0.6 is 15.9 Å². The SMILES string of the molecule is Nc1ccccc1-c1nnc(Br)o1. The molecule has 0 aliphatic rings. The molecule has 0 radical (unpaired) electrons. The number of halogens is 1. The molecule has 0 atom stereocenters. The highest BCUT2D eigenvalue weighted by molar-refractivity contribution is 9.10. The molecule has 66 valence electrons. The van der Waals surface area contributed by atoms with Crippen molar-refractivity contribution in [2.75, 3.05) is 5.73 Å². The monoisotopic (exact) mass is 239 g/mol. The van der Waals surface area contributed by atoms with Gasteiger partial charge in [-0.3, -0.25) is 0 Å². The Kier molecular flexibility index (Phi) is 2.02. The second-order valence-electron chi connectivity index (χ2n) is 2.45. The fourth-order valence-corrected chi connectivity index (χ4v) is 1.24. The zero-order valence-electron chi connectivity index (χ0n) is 6.57. The largest absolute Gasteiger partial charge is 0.411 e. The zero-order chi connectivity index (χ0) is 9.26. The molecule has 1 aromatic heterocycles. The molecule has 13 heavy (non-hydrogen) atoms. The number of benzene rings is 1. The lowest BCUT2D eigenvalue weighted by atomic mass is 10.2. The summed E-state index contributed by atoms with van der Waals surface area (Å²) >= 11 is 3.07. The molecule has 4 nitrogen and oxygen atoms in total. The fourth-order valence-electron chi connectivity index (χ4n) is 1.01. The number of nitrogens with two attached hydrogens (primary N) is 1. The molecule has 0 amide bonds. The molecule has 2 rings (SSSR count). The Morgan fingerprint density at radius 2 is 2.00 bits per heavy atom. The van der Waals surface area contributed by atoms with Gasteiger partial charge in [0.15, 0.2) is 0 Å². The number of nitrogens with zero attached hydrogens (tertiary/aromatic N) is 2. The minimum atomic E-state index is 0.353.